The topological polar surface area (TPSA) is 58.6 Å². The molecule has 0 aliphatic rings. The maximum Gasteiger partial charge on any atom is 0.220 e. The van der Waals surface area contributed by atoms with Gasteiger partial charge < -0.3 is 15.2 Å². The van der Waals surface area contributed by atoms with Crippen LogP contribution in [-0.2, 0) is 9.53 Å². The fourth-order valence-corrected chi connectivity index (χ4v) is 1.55. The lowest BCUT2D eigenvalue weighted by Crippen LogP contribution is -2.34. The first kappa shape index (κ1) is 16.4. The molecule has 0 atom stereocenters. The van der Waals surface area contributed by atoms with Crippen molar-refractivity contribution in [2.75, 3.05) is 26.4 Å². The first-order valence-corrected chi connectivity index (χ1v) is 6.47. The standard InChI is InChI=1S/C13H27NO3/c1-4-17-10-5-7-12(16)14-11-13(2,3)8-6-9-15/h15H,4-11H2,1-3H3,(H,14,16). The van der Waals surface area contributed by atoms with Crippen LogP contribution in [0.25, 0.3) is 0 Å². The molecule has 0 saturated heterocycles. The molecule has 0 aromatic carbocycles. The summed E-state index contributed by atoms with van der Waals surface area (Å²) in [4.78, 5) is 11.5. The van der Waals surface area contributed by atoms with Crippen molar-refractivity contribution < 1.29 is 14.6 Å². The molecule has 2 N–H and O–H groups in total. The summed E-state index contributed by atoms with van der Waals surface area (Å²) >= 11 is 0. The Hall–Kier alpha value is -0.610. The highest BCUT2D eigenvalue weighted by atomic mass is 16.5. The van der Waals surface area contributed by atoms with Crippen molar-refractivity contribution in [1.29, 1.82) is 0 Å². The summed E-state index contributed by atoms with van der Waals surface area (Å²) in [5.74, 6) is 0.0850. The molecule has 4 heteroatoms. The highest BCUT2D eigenvalue weighted by Gasteiger charge is 2.17. The Kier molecular flexibility index (Phi) is 9.09. The second-order valence-corrected chi connectivity index (χ2v) is 5.07. The molecule has 0 spiro atoms. The lowest BCUT2D eigenvalue weighted by atomic mass is 9.88. The number of carbonyl (C=O) groups is 1. The third-order valence-corrected chi connectivity index (χ3v) is 2.67. The number of aliphatic hydroxyl groups is 1. The fraction of sp³-hybridized carbons (Fsp3) is 0.923. The molecule has 0 fully saturated rings. The first-order chi connectivity index (χ1) is 8.02. The predicted octanol–water partition coefficient (Wildman–Crippen LogP) is 1.72. The van der Waals surface area contributed by atoms with E-state index in [9.17, 15) is 4.79 Å². The number of nitrogens with one attached hydrogen (secondary N) is 1. The van der Waals surface area contributed by atoms with E-state index in [1.54, 1.807) is 0 Å². The Morgan fingerprint density at radius 3 is 2.65 bits per heavy atom. The molecule has 1 amide bonds. The zero-order chi connectivity index (χ0) is 13.1. The number of rotatable bonds is 10. The van der Waals surface area contributed by atoms with Gasteiger partial charge in [0, 0.05) is 32.8 Å². The lowest BCUT2D eigenvalue weighted by molar-refractivity contribution is -0.121. The van der Waals surface area contributed by atoms with Crippen LogP contribution in [0.1, 0.15) is 46.5 Å². The average Bonchev–Trinajstić information content (AvgIpc) is 2.30. The molecular formula is C13H27NO3. The van der Waals surface area contributed by atoms with Gasteiger partial charge in [-0.25, -0.2) is 0 Å². The Morgan fingerprint density at radius 2 is 2.06 bits per heavy atom. The Balaban J connectivity index is 3.60. The van der Waals surface area contributed by atoms with Gasteiger partial charge in [-0.15, -0.1) is 0 Å². The smallest absolute Gasteiger partial charge is 0.220 e. The maximum atomic E-state index is 11.5. The van der Waals surface area contributed by atoms with E-state index in [-0.39, 0.29) is 17.9 Å². The van der Waals surface area contributed by atoms with Crippen molar-refractivity contribution >= 4 is 5.91 Å². The molecule has 0 bridgehead atoms. The number of amides is 1. The van der Waals surface area contributed by atoms with Crippen LogP contribution < -0.4 is 5.32 Å². The fourth-order valence-electron chi connectivity index (χ4n) is 1.55. The van der Waals surface area contributed by atoms with E-state index < -0.39 is 0 Å². The van der Waals surface area contributed by atoms with E-state index >= 15 is 0 Å². The van der Waals surface area contributed by atoms with Gasteiger partial charge in [-0.1, -0.05) is 13.8 Å². The van der Waals surface area contributed by atoms with Crippen molar-refractivity contribution in [3.63, 3.8) is 0 Å². The van der Waals surface area contributed by atoms with Crippen molar-refractivity contribution in [3.05, 3.63) is 0 Å². The van der Waals surface area contributed by atoms with Crippen LogP contribution in [0.15, 0.2) is 0 Å². The monoisotopic (exact) mass is 245 g/mol. The Morgan fingerprint density at radius 1 is 1.35 bits per heavy atom. The van der Waals surface area contributed by atoms with Crippen LogP contribution in [0.2, 0.25) is 0 Å². The van der Waals surface area contributed by atoms with Gasteiger partial charge in [0.05, 0.1) is 0 Å². The zero-order valence-corrected chi connectivity index (χ0v) is 11.4. The van der Waals surface area contributed by atoms with E-state index in [0.717, 1.165) is 19.3 Å². The number of carbonyl (C=O) groups excluding carboxylic acids is 1. The molecule has 0 heterocycles. The summed E-state index contributed by atoms with van der Waals surface area (Å²) in [6.45, 7) is 8.38. The summed E-state index contributed by atoms with van der Waals surface area (Å²) in [6, 6.07) is 0. The molecule has 102 valence electrons. The molecule has 0 saturated carbocycles. The molecule has 0 aromatic rings. The van der Waals surface area contributed by atoms with E-state index in [4.69, 9.17) is 9.84 Å². The van der Waals surface area contributed by atoms with Gasteiger partial charge in [0.25, 0.3) is 0 Å². The molecule has 0 radical (unpaired) electrons. The van der Waals surface area contributed by atoms with Gasteiger partial charge in [0.2, 0.25) is 5.91 Å². The number of hydrogen-bond donors (Lipinski definition) is 2. The van der Waals surface area contributed by atoms with Gasteiger partial charge in [0.1, 0.15) is 0 Å². The molecule has 0 aliphatic carbocycles. The van der Waals surface area contributed by atoms with Crippen molar-refractivity contribution in [2.24, 2.45) is 5.41 Å². The second-order valence-electron chi connectivity index (χ2n) is 5.07. The minimum absolute atomic E-state index is 0.0539. The quantitative estimate of drug-likeness (QED) is 0.576. The van der Waals surface area contributed by atoms with Crippen LogP contribution in [0.5, 0.6) is 0 Å². The van der Waals surface area contributed by atoms with E-state index in [0.29, 0.717) is 26.2 Å². The van der Waals surface area contributed by atoms with Gasteiger partial charge in [-0.3, -0.25) is 4.79 Å². The van der Waals surface area contributed by atoms with Crippen molar-refractivity contribution in [2.45, 2.75) is 46.5 Å². The van der Waals surface area contributed by atoms with Crippen LogP contribution in [0.4, 0.5) is 0 Å². The molecule has 4 nitrogen and oxygen atoms in total. The number of aliphatic hydroxyl groups excluding tert-OH is 1. The maximum absolute atomic E-state index is 11.5. The molecule has 0 aliphatic heterocycles. The minimum atomic E-state index is 0.0539. The van der Waals surface area contributed by atoms with Gasteiger partial charge >= 0.3 is 0 Å². The minimum Gasteiger partial charge on any atom is -0.396 e. The van der Waals surface area contributed by atoms with Crippen LogP contribution in [-0.4, -0.2) is 37.4 Å². The first-order valence-electron chi connectivity index (χ1n) is 6.47. The van der Waals surface area contributed by atoms with Gasteiger partial charge in [-0.2, -0.15) is 0 Å². The van der Waals surface area contributed by atoms with Gasteiger partial charge in [-0.05, 0) is 31.6 Å². The third kappa shape index (κ3) is 10.3. The van der Waals surface area contributed by atoms with Crippen molar-refractivity contribution in [3.8, 4) is 0 Å². The van der Waals surface area contributed by atoms with Crippen LogP contribution in [0.3, 0.4) is 0 Å². The van der Waals surface area contributed by atoms with Gasteiger partial charge in [0.15, 0.2) is 0 Å². The SMILES string of the molecule is CCOCCCC(=O)NCC(C)(C)CCCO. The van der Waals surface area contributed by atoms with E-state index in [1.165, 1.54) is 0 Å². The summed E-state index contributed by atoms with van der Waals surface area (Å²) in [5.41, 5.74) is 0.0539. The highest BCUT2D eigenvalue weighted by molar-refractivity contribution is 5.75. The number of hydrogen-bond acceptors (Lipinski definition) is 3. The zero-order valence-electron chi connectivity index (χ0n) is 11.4. The summed E-state index contributed by atoms with van der Waals surface area (Å²) in [7, 11) is 0. The van der Waals surface area contributed by atoms with E-state index in [1.807, 2.05) is 6.92 Å². The third-order valence-electron chi connectivity index (χ3n) is 2.67. The Labute approximate surface area is 105 Å². The highest BCUT2D eigenvalue weighted by Crippen LogP contribution is 2.20. The summed E-state index contributed by atoms with van der Waals surface area (Å²) in [6.07, 6.45) is 3.00. The second kappa shape index (κ2) is 9.42. The van der Waals surface area contributed by atoms with Crippen molar-refractivity contribution in [1.82, 2.24) is 5.32 Å². The summed E-state index contributed by atoms with van der Waals surface area (Å²) in [5, 5.41) is 11.7. The molecule has 0 unspecified atom stereocenters. The average molecular weight is 245 g/mol. The number of ether oxygens (including phenoxy) is 1. The lowest BCUT2D eigenvalue weighted by Gasteiger charge is -2.24. The molecular weight excluding hydrogens is 218 g/mol. The molecule has 0 rings (SSSR count). The molecule has 17 heavy (non-hydrogen) atoms. The van der Waals surface area contributed by atoms with Crippen LogP contribution in [0, 0.1) is 5.41 Å². The normalized spacial score (nSPS) is 11.5. The molecule has 0 aromatic heterocycles. The largest absolute Gasteiger partial charge is 0.396 e. The Bertz CT molecular complexity index is 205. The summed E-state index contributed by atoms with van der Waals surface area (Å²) < 4.78 is 5.17. The predicted molar refractivity (Wildman–Crippen MR) is 68.8 cm³/mol. The van der Waals surface area contributed by atoms with Crippen LogP contribution >= 0.6 is 0 Å². The van der Waals surface area contributed by atoms with E-state index in [2.05, 4.69) is 19.2 Å².